The van der Waals surface area contributed by atoms with Crippen LogP contribution in [0.3, 0.4) is 0 Å². The van der Waals surface area contributed by atoms with Gasteiger partial charge in [0.15, 0.2) is 0 Å². The monoisotopic (exact) mass is 452 g/mol. The van der Waals surface area contributed by atoms with Crippen molar-refractivity contribution >= 4 is 11.6 Å². The summed E-state index contributed by atoms with van der Waals surface area (Å²) in [5.41, 5.74) is 3.16. The normalized spacial score (nSPS) is 14.6. The Bertz CT molecular complexity index is 1110. The molecule has 1 saturated heterocycles. The molecule has 7 nitrogen and oxygen atoms in total. The first-order valence-electron chi connectivity index (χ1n) is 11.1. The van der Waals surface area contributed by atoms with Crippen molar-refractivity contribution in [3.63, 3.8) is 0 Å². The molecule has 1 amide bonds. The van der Waals surface area contributed by atoms with Crippen molar-refractivity contribution in [3.8, 4) is 17.0 Å². The van der Waals surface area contributed by atoms with Crippen molar-refractivity contribution < 1.29 is 18.7 Å². The number of aromatic nitrogens is 2. The van der Waals surface area contributed by atoms with E-state index in [1.165, 1.54) is 18.2 Å². The SMILES string of the molecule is Cc1cc(C(=O)Nc2ccc(OCCN3CCCOCC3)c(-c3ccnn3C)c2)ccc1F. The van der Waals surface area contributed by atoms with Gasteiger partial charge in [0.25, 0.3) is 5.91 Å². The van der Waals surface area contributed by atoms with Crippen molar-refractivity contribution in [1.29, 1.82) is 0 Å². The van der Waals surface area contributed by atoms with Crippen LogP contribution in [0.2, 0.25) is 0 Å². The molecular weight excluding hydrogens is 423 g/mol. The van der Waals surface area contributed by atoms with E-state index >= 15 is 0 Å². The van der Waals surface area contributed by atoms with E-state index in [4.69, 9.17) is 9.47 Å². The lowest BCUT2D eigenvalue weighted by Gasteiger charge is -2.20. The molecule has 1 aliphatic rings. The van der Waals surface area contributed by atoms with Crippen molar-refractivity contribution in [2.75, 3.05) is 44.8 Å². The van der Waals surface area contributed by atoms with Gasteiger partial charge in [-0.2, -0.15) is 5.10 Å². The number of amides is 1. The number of benzene rings is 2. The number of carbonyl (C=O) groups is 1. The zero-order valence-corrected chi connectivity index (χ0v) is 19.0. The van der Waals surface area contributed by atoms with E-state index in [1.54, 1.807) is 17.8 Å². The third-order valence-electron chi connectivity index (χ3n) is 5.73. The van der Waals surface area contributed by atoms with Gasteiger partial charge in [-0.05, 0) is 61.4 Å². The predicted octanol–water partition coefficient (Wildman–Crippen LogP) is 3.89. The van der Waals surface area contributed by atoms with Crippen molar-refractivity contribution in [2.24, 2.45) is 7.05 Å². The molecule has 0 aliphatic carbocycles. The molecule has 33 heavy (non-hydrogen) atoms. The molecule has 8 heteroatoms. The van der Waals surface area contributed by atoms with Crippen molar-refractivity contribution in [2.45, 2.75) is 13.3 Å². The van der Waals surface area contributed by atoms with Crippen LogP contribution in [0.25, 0.3) is 11.3 Å². The van der Waals surface area contributed by atoms with Crippen LogP contribution in [0.5, 0.6) is 5.75 Å². The molecule has 0 unspecified atom stereocenters. The molecular formula is C25H29FN4O3. The van der Waals surface area contributed by atoms with Crippen LogP contribution < -0.4 is 10.1 Å². The number of hydrogen-bond acceptors (Lipinski definition) is 5. The zero-order chi connectivity index (χ0) is 23.2. The van der Waals surface area contributed by atoms with Gasteiger partial charge in [-0.25, -0.2) is 4.39 Å². The lowest BCUT2D eigenvalue weighted by molar-refractivity contribution is 0.102. The molecule has 0 saturated carbocycles. The summed E-state index contributed by atoms with van der Waals surface area (Å²) in [4.78, 5) is 15.0. The predicted molar refractivity (Wildman–Crippen MR) is 125 cm³/mol. The number of halogens is 1. The maximum Gasteiger partial charge on any atom is 0.255 e. The van der Waals surface area contributed by atoms with Crippen LogP contribution in [-0.4, -0.2) is 60.0 Å². The lowest BCUT2D eigenvalue weighted by Crippen LogP contribution is -2.30. The van der Waals surface area contributed by atoms with Gasteiger partial charge >= 0.3 is 0 Å². The fourth-order valence-corrected chi connectivity index (χ4v) is 3.87. The van der Waals surface area contributed by atoms with Gasteiger partial charge in [-0.15, -0.1) is 0 Å². The molecule has 1 aliphatic heterocycles. The first-order valence-corrected chi connectivity index (χ1v) is 11.1. The molecule has 2 heterocycles. The molecule has 1 fully saturated rings. The van der Waals surface area contributed by atoms with Crippen molar-refractivity contribution in [3.05, 3.63) is 65.6 Å². The summed E-state index contributed by atoms with van der Waals surface area (Å²) < 4.78 is 27.0. The first-order chi connectivity index (χ1) is 16.0. The molecule has 0 bridgehead atoms. The second-order valence-electron chi connectivity index (χ2n) is 8.13. The quantitative estimate of drug-likeness (QED) is 0.589. The van der Waals surface area contributed by atoms with Crippen LogP contribution in [0, 0.1) is 12.7 Å². The van der Waals surface area contributed by atoms with E-state index in [0.29, 0.717) is 23.4 Å². The van der Waals surface area contributed by atoms with Crippen LogP contribution in [0.1, 0.15) is 22.3 Å². The highest BCUT2D eigenvalue weighted by Crippen LogP contribution is 2.32. The highest BCUT2D eigenvalue weighted by Gasteiger charge is 2.15. The number of hydrogen-bond donors (Lipinski definition) is 1. The second-order valence-corrected chi connectivity index (χ2v) is 8.13. The lowest BCUT2D eigenvalue weighted by atomic mass is 10.1. The molecule has 2 aromatic carbocycles. The van der Waals surface area contributed by atoms with Crippen LogP contribution in [-0.2, 0) is 11.8 Å². The molecule has 3 aromatic rings. The summed E-state index contributed by atoms with van der Waals surface area (Å²) in [6.45, 7) is 6.48. The number of carbonyl (C=O) groups excluding carboxylic acids is 1. The van der Waals surface area contributed by atoms with Gasteiger partial charge in [-0.1, -0.05) is 0 Å². The minimum atomic E-state index is -0.334. The Morgan fingerprint density at radius 1 is 1.18 bits per heavy atom. The maximum atomic E-state index is 13.6. The van der Waals surface area contributed by atoms with Gasteiger partial charge in [-0.3, -0.25) is 14.4 Å². The van der Waals surface area contributed by atoms with E-state index in [0.717, 1.165) is 56.3 Å². The number of nitrogens with one attached hydrogen (secondary N) is 1. The van der Waals surface area contributed by atoms with E-state index in [9.17, 15) is 9.18 Å². The van der Waals surface area contributed by atoms with Crippen molar-refractivity contribution in [1.82, 2.24) is 14.7 Å². The minimum Gasteiger partial charge on any atom is -0.492 e. The van der Waals surface area contributed by atoms with Gasteiger partial charge in [0.05, 0.1) is 12.3 Å². The van der Waals surface area contributed by atoms with Crippen LogP contribution in [0.4, 0.5) is 10.1 Å². The summed E-state index contributed by atoms with van der Waals surface area (Å²) in [6, 6.07) is 11.8. The third kappa shape index (κ3) is 5.77. The fraction of sp³-hybridized carbons (Fsp3) is 0.360. The molecule has 4 rings (SSSR count). The van der Waals surface area contributed by atoms with E-state index in [-0.39, 0.29) is 11.7 Å². The van der Waals surface area contributed by atoms with E-state index < -0.39 is 0 Å². The van der Waals surface area contributed by atoms with Gasteiger partial charge < -0.3 is 14.8 Å². The number of rotatable bonds is 7. The molecule has 1 aromatic heterocycles. The maximum absolute atomic E-state index is 13.6. The van der Waals surface area contributed by atoms with E-state index in [1.807, 2.05) is 31.3 Å². The molecule has 174 valence electrons. The minimum absolute atomic E-state index is 0.300. The Morgan fingerprint density at radius 3 is 2.85 bits per heavy atom. The van der Waals surface area contributed by atoms with Gasteiger partial charge in [0.2, 0.25) is 0 Å². The smallest absolute Gasteiger partial charge is 0.255 e. The highest BCUT2D eigenvalue weighted by atomic mass is 19.1. The van der Waals surface area contributed by atoms with Gasteiger partial charge in [0.1, 0.15) is 18.2 Å². The molecule has 0 atom stereocenters. The Morgan fingerprint density at radius 2 is 2.06 bits per heavy atom. The van der Waals surface area contributed by atoms with Gasteiger partial charge in [0, 0.05) is 56.3 Å². The average molecular weight is 453 g/mol. The van der Waals surface area contributed by atoms with Crippen LogP contribution in [0.15, 0.2) is 48.7 Å². The molecule has 0 radical (unpaired) electrons. The summed E-state index contributed by atoms with van der Waals surface area (Å²) in [6.07, 6.45) is 2.76. The number of nitrogens with zero attached hydrogens (tertiary/aromatic N) is 3. The average Bonchev–Trinajstić information content (AvgIpc) is 3.06. The summed E-state index contributed by atoms with van der Waals surface area (Å²) >= 11 is 0. The first kappa shape index (κ1) is 22.9. The largest absolute Gasteiger partial charge is 0.492 e. The zero-order valence-electron chi connectivity index (χ0n) is 19.0. The number of anilines is 1. The molecule has 1 N–H and O–H groups in total. The van der Waals surface area contributed by atoms with Crippen LogP contribution >= 0.6 is 0 Å². The third-order valence-corrected chi connectivity index (χ3v) is 5.73. The summed E-state index contributed by atoms with van der Waals surface area (Å²) in [5, 5.41) is 7.17. The highest BCUT2D eigenvalue weighted by molar-refractivity contribution is 6.04. The summed E-state index contributed by atoms with van der Waals surface area (Å²) in [5.74, 6) is 0.0886. The summed E-state index contributed by atoms with van der Waals surface area (Å²) in [7, 11) is 1.86. The topological polar surface area (TPSA) is 68.6 Å². The van der Waals surface area contributed by atoms with E-state index in [2.05, 4.69) is 15.3 Å². The second kappa shape index (κ2) is 10.6. The Kier molecular flexibility index (Phi) is 7.36. The molecule has 0 spiro atoms. The number of ether oxygens (including phenoxy) is 2. The Balaban J connectivity index is 1.50. The number of aryl methyl sites for hydroxylation is 2. The Labute approximate surface area is 193 Å². The Hall–Kier alpha value is -3.23. The fourth-order valence-electron chi connectivity index (χ4n) is 3.87. The standard InChI is InChI=1S/C25H29FN4O3/c1-18-16-19(4-6-22(18)26)25(31)28-20-5-7-24(21(17-20)23-8-9-27-29(23)2)33-15-12-30-10-3-13-32-14-11-30/h4-9,16-17H,3,10-15H2,1-2H3,(H,28,31).